The number of rotatable bonds is 7. The van der Waals surface area contributed by atoms with E-state index in [1.807, 2.05) is 20.8 Å². The number of tetrazole rings is 1. The standard InChI is InChI=1S/C10H19N5O2S/c1-4-5-15-7(12-13-14-15)6-18-10(2,3)8(11)9(16)17/h8H,4-6,11H2,1-3H3,(H,16,17)/t8-/m1/s1. The van der Waals surface area contributed by atoms with Gasteiger partial charge in [-0.1, -0.05) is 6.92 Å². The first-order chi connectivity index (χ1) is 8.38. The minimum Gasteiger partial charge on any atom is -0.480 e. The Morgan fingerprint density at radius 2 is 2.28 bits per heavy atom. The third-order valence-corrected chi connectivity index (χ3v) is 4.03. The van der Waals surface area contributed by atoms with Crippen molar-refractivity contribution in [1.82, 2.24) is 20.2 Å². The molecule has 1 atom stereocenters. The van der Waals surface area contributed by atoms with Crippen LogP contribution in [0, 0.1) is 0 Å². The molecule has 0 aliphatic rings. The first-order valence-electron chi connectivity index (χ1n) is 5.76. The van der Waals surface area contributed by atoms with Crippen molar-refractivity contribution in [3.8, 4) is 0 Å². The summed E-state index contributed by atoms with van der Waals surface area (Å²) in [5.41, 5.74) is 5.65. The molecule has 102 valence electrons. The highest BCUT2D eigenvalue weighted by Crippen LogP contribution is 2.29. The fourth-order valence-corrected chi connectivity index (χ4v) is 2.34. The van der Waals surface area contributed by atoms with E-state index in [9.17, 15) is 4.79 Å². The summed E-state index contributed by atoms with van der Waals surface area (Å²) in [7, 11) is 0. The molecule has 1 aromatic rings. The van der Waals surface area contributed by atoms with Crippen molar-refractivity contribution in [3.05, 3.63) is 5.82 Å². The average molecular weight is 273 g/mol. The molecule has 1 rings (SSSR count). The molecule has 8 heteroatoms. The van der Waals surface area contributed by atoms with Crippen LogP contribution in [0.15, 0.2) is 0 Å². The number of thioether (sulfide) groups is 1. The highest BCUT2D eigenvalue weighted by molar-refractivity contribution is 7.99. The molecule has 0 radical (unpaired) electrons. The molecule has 0 fully saturated rings. The summed E-state index contributed by atoms with van der Waals surface area (Å²) in [5, 5.41) is 20.4. The van der Waals surface area contributed by atoms with Crippen LogP contribution in [0.5, 0.6) is 0 Å². The molecule has 3 N–H and O–H groups in total. The summed E-state index contributed by atoms with van der Waals surface area (Å²) in [5.74, 6) is 0.286. The first kappa shape index (κ1) is 14.9. The van der Waals surface area contributed by atoms with E-state index in [0.29, 0.717) is 5.75 Å². The molecular weight excluding hydrogens is 254 g/mol. The van der Waals surface area contributed by atoms with Gasteiger partial charge in [-0.25, -0.2) is 4.68 Å². The number of hydrogen-bond acceptors (Lipinski definition) is 6. The fraction of sp³-hybridized carbons (Fsp3) is 0.800. The zero-order valence-electron chi connectivity index (χ0n) is 10.8. The summed E-state index contributed by atoms with van der Waals surface area (Å²) >= 11 is 1.44. The summed E-state index contributed by atoms with van der Waals surface area (Å²) in [6, 6.07) is -0.919. The lowest BCUT2D eigenvalue weighted by atomic mass is 10.1. The maximum Gasteiger partial charge on any atom is 0.321 e. The van der Waals surface area contributed by atoms with Gasteiger partial charge in [-0.2, -0.15) is 0 Å². The van der Waals surface area contributed by atoms with Gasteiger partial charge in [0, 0.05) is 11.3 Å². The van der Waals surface area contributed by atoms with Gasteiger partial charge in [0.1, 0.15) is 6.04 Å². The van der Waals surface area contributed by atoms with E-state index in [2.05, 4.69) is 15.5 Å². The minimum absolute atomic E-state index is 0.543. The van der Waals surface area contributed by atoms with Crippen molar-refractivity contribution in [2.24, 2.45) is 5.73 Å². The van der Waals surface area contributed by atoms with Crippen molar-refractivity contribution >= 4 is 17.7 Å². The molecule has 0 aliphatic carbocycles. The van der Waals surface area contributed by atoms with Crippen molar-refractivity contribution in [3.63, 3.8) is 0 Å². The Kier molecular flexibility index (Phi) is 5.09. The fourth-order valence-electron chi connectivity index (χ4n) is 1.35. The normalized spacial score (nSPS) is 13.6. The van der Waals surface area contributed by atoms with E-state index in [0.717, 1.165) is 18.8 Å². The molecule has 0 aromatic carbocycles. The zero-order chi connectivity index (χ0) is 13.8. The lowest BCUT2D eigenvalue weighted by molar-refractivity contribution is -0.139. The Morgan fingerprint density at radius 3 is 2.83 bits per heavy atom. The number of aliphatic carboxylic acids is 1. The lowest BCUT2D eigenvalue weighted by Gasteiger charge is -2.27. The lowest BCUT2D eigenvalue weighted by Crippen LogP contribution is -2.46. The van der Waals surface area contributed by atoms with Crippen LogP contribution in [-0.2, 0) is 17.1 Å². The average Bonchev–Trinajstić information content (AvgIpc) is 2.73. The Labute approximate surface area is 110 Å². The zero-order valence-corrected chi connectivity index (χ0v) is 11.6. The van der Waals surface area contributed by atoms with Crippen molar-refractivity contribution in [1.29, 1.82) is 0 Å². The molecule has 0 saturated carbocycles. The van der Waals surface area contributed by atoms with E-state index in [1.165, 1.54) is 11.8 Å². The van der Waals surface area contributed by atoms with Crippen LogP contribution in [-0.4, -0.2) is 42.1 Å². The Bertz CT molecular complexity index is 407. The van der Waals surface area contributed by atoms with Gasteiger partial charge < -0.3 is 10.8 Å². The van der Waals surface area contributed by atoms with Crippen molar-refractivity contribution < 1.29 is 9.90 Å². The molecule has 0 bridgehead atoms. The number of hydrogen-bond donors (Lipinski definition) is 2. The van der Waals surface area contributed by atoms with Gasteiger partial charge in [0.2, 0.25) is 0 Å². The Hall–Kier alpha value is -1.15. The molecule has 1 heterocycles. The highest BCUT2D eigenvalue weighted by atomic mass is 32.2. The number of aromatic nitrogens is 4. The Balaban J connectivity index is 2.63. The van der Waals surface area contributed by atoms with Gasteiger partial charge in [0.25, 0.3) is 0 Å². The largest absolute Gasteiger partial charge is 0.480 e. The molecular formula is C10H19N5O2S. The van der Waals surface area contributed by atoms with Crippen LogP contribution in [0.3, 0.4) is 0 Å². The van der Waals surface area contributed by atoms with Crippen LogP contribution < -0.4 is 5.73 Å². The Morgan fingerprint density at radius 1 is 1.61 bits per heavy atom. The van der Waals surface area contributed by atoms with E-state index >= 15 is 0 Å². The second kappa shape index (κ2) is 6.14. The van der Waals surface area contributed by atoms with E-state index in [1.54, 1.807) is 4.68 Å². The molecule has 0 unspecified atom stereocenters. The van der Waals surface area contributed by atoms with E-state index in [4.69, 9.17) is 10.8 Å². The molecule has 7 nitrogen and oxygen atoms in total. The van der Waals surface area contributed by atoms with Crippen LogP contribution in [0.2, 0.25) is 0 Å². The number of aryl methyl sites for hydroxylation is 1. The topological polar surface area (TPSA) is 107 Å². The minimum atomic E-state index is -0.999. The van der Waals surface area contributed by atoms with E-state index < -0.39 is 16.8 Å². The molecule has 0 spiro atoms. The van der Waals surface area contributed by atoms with Crippen molar-refractivity contribution in [2.45, 2.75) is 50.3 Å². The summed E-state index contributed by atoms with van der Waals surface area (Å²) in [6.07, 6.45) is 0.945. The number of nitrogens with two attached hydrogens (primary N) is 1. The SMILES string of the molecule is CCCn1nnnc1CSC(C)(C)[C@H](N)C(=O)O. The predicted octanol–water partition coefficient (Wildman–Crippen LogP) is 0.507. The van der Waals surface area contributed by atoms with Gasteiger partial charge >= 0.3 is 5.97 Å². The molecule has 18 heavy (non-hydrogen) atoms. The number of carbonyl (C=O) groups is 1. The molecule has 0 amide bonds. The molecule has 0 saturated heterocycles. The van der Waals surface area contributed by atoms with Gasteiger partial charge in [-0.05, 0) is 30.7 Å². The van der Waals surface area contributed by atoms with Crippen LogP contribution in [0.4, 0.5) is 0 Å². The third-order valence-electron chi connectivity index (χ3n) is 2.63. The monoisotopic (exact) mass is 273 g/mol. The van der Waals surface area contributed by atoms with E-state index in [-0.39, 0.29) is 0 Å². The third kappa shape index (κ3) is 3.67. The second-order valence-corrected chi connectivity index (χ2v) is 6.16. The predicted molar refractivity (Wildman–Crippen MR) is 69.1 cm³/mol. The highest BCUT2D eigenvalue weighted by Gasteiger charge is 2.33. The van der Waals surface area contributed by atoms with Gasteiger partial charge in [0.05, 0.1) is 5.75 Å². The number of carboxylic acids is 1. The number of carboxylic acid groups (broad SMARTS) is 1. The van der Waals surface area contributed by atoms with Crippen LogP contribution >= 0.6 is 11.8 Å². The van der Waals surface area contributed by atoms with Crippen molar-refractivity contribution in [2.75, 3.05) is 0 Å². The smallest absolute Gasteiger partial charge is 0.321 e. The van der Waals surface area contributed by atoms with Gasteiger partial charge in [-0.15, -0.1) is 16.9 Å². The van der Waals surface area contributed by atoms with Gasteiger partial charge in [-0.3, -0.25) is 4.79 Å². The maximum absolute atomic E-state index is 10.9. The molecule has 0 aliphatic heterocycles. The summed E-state index contributed by atoms with van der Waals surface area (Å²) in [6.45, 7) is 6.42. The quantitative estimate of drug-likeness (QED) is 0.745. The maximum atomic E-state index is 10.9. The summed E-state index contributed by atoms with van der Waals surface area (Å²) in [4.78, 5) is 10.9. The van der Waals surface area contributed by atoms with Gasteiger partial charge in [0.15, 0.2) is 5.82 Å². The van der Waals surface area contributed by atoms with Crippen LogP contribution in [0.1, 0.15) is 33.0 Å². The van der Waals surface area contributed by atoms with Crippen LogP contribution in [0.25, 0.3) is 0 Å². The molecule has 1 aromatic heterocycles. The summed E-state index contributed by atoms with van der Waals surface area (Å²) < 4.78 is 1.16. The number of nitrogens with zero attached hydrogens (tertiary/aromatic N) is 4. The second-order valence-electron chi connectivity index (χ2n) is 4.53. The first-order valence-corrected chi connectivity index (χ1v) is 6.74.